The minimum Gasteiger partial charge on any atom is -0.335 e. The number of aromatic nitrogens is 2. The lowest BCUT2D eigenvalue weighted by molar-refractivity contribution is -0.137. The van der Waals surface area contributed by atoms with Gasteiger partial charge < -0.3 is 15.5 Å². The summed E-state index contributed by atoms with van der Waals surface area (Å²) in [5, 5.41) is 14.2. The van der Waals surface area contributed by atoms with Gasteiger partial charge in [-0.05, 0) is 31.4 Å². The number of carbonyl (C=O) groups excluding carboxylic acids is 2. The average molecular weight is 484 g/mol. The summed E-state index contributed by atoms with van der Waals surface area (Å²) in [5.74, 6) is -0.309. The summed E-state index contributed by atoms with van der Waals surface area (Å²) in [5.41, 5.74) is -0.261. The molecule has 0 atom stereocenters. The lowest BCUT2D eigenvalue weighted by Crippen LogP contribution is -2.46. The molecule has 0 bridgehead atoms. The van der Waals surface area contributed by atoms with Gasteiger partial charge in [-0.15, -0.1) is 10.2 Å². The smallest absolute Gasteiger partial charge is 0.335 e. The number of anilines is 1. The van der Waals surface area contributed by atoms with Crippen molar-refractivity contribution in [3.63, 3.8) is 0 Å². The Morgan fingerprint density at radius 3 is 2.42 bits per heavy atom. The number of halogens is 3. The molecule has 0 saturated heterocycles. The fourth-order valence-electron chi connectivity index (χ4n) is 3.71. The minimum atomic E-state index is -4.41. The molecule has 1 aliphatic rings. The molecular formula is C22H28F3N5O2S. The highest BCUT2D eigenvalue weighted by Gasteiger charge is 2.30. The molecule has 2 aromatic rings. The van der Waals surface area contributed by atoms with Gasteiger partial charge in [0.2, 0.25) is 11.0 Å². The van der Waals surface area contributed by atoms with Crippen molar-refractivity contribution in [2.75, 3.05) is 18.4 Å². The number of hydrogen-bond donors (Lipinski definition) is 2. The van der Waals surface area contributed by atoms with Gasteiger partial charge in [0, 0.05) is 31.1 Å². The fourth-order valence-corrected chi connectivity index (χ4v) is 4.47. The van der Waals surface area contributed by atoms with E-state index in [9.17, 15) is 22.8 Å². The predicted octanol–water partition coefficient (Wildman–Crippen LogP) is 5.31. The molecule has 0 spiro atoms. The second-order valence-corrected chi connectivity index (χ2v) is 9.03. The van der Waals surface area contributed by atoms with Gasteiger partial charge in [-0.1, -0.05) is 49.7 Å². The van der Waals surface area contributed by atoms with Gasteiger partial charge >= 0.3 is 12.2 Å². The van der Waals surface area contributed by atoms with Crippen molar-refractivity contribution < 1.29 is 22.8 Å². The predicted molar refractivity (Wildman–Crippen MR) is 121 cm³/mol. The molecule has 0 aliphatic heterocycles. The van der Waals surface area contributed by atoms with Gasteiger partial charge in [-0.25, -0.2) is 4.79 Å². The van der Waals surface area contributed by atoms with Gasteiger partial charge in [0.1, 0.15) is 5.01 Å². The average Bonchev–Trinajstić information content (AvgIpc) is 3.25. The molecule has 3 rings (SSSR count). The number of urea groups is 1. The van der Waals surface area contributed by atoms with Crippen LogP contribution in [-0.2, 0) is 11.0 Å². The van der Waals surface area contributed by atoms with Crippen molar-refractivity contribution in [1.29, 1.82) is 0 Å². The number of hydrogen-bond acceptors (Lipinski definition) is 5. The monoisotopic (exact) mass is 483 g/mol. The first-order valence-electron chi connectivity index (χ1n) is 11.1. The molecule has 3 amide bonds. The topological polar surface area (TPSA) is 87.2 Å². The van der Waals surface area contributed by atoms with Crippen LogP contribution in [0.4, 0.5) is 23.1 Å². The Morgan fingerprint density at radius 1 is 1.09 bits per heavy atom. The van der Waals surface area contributed by atoms with Crippen LogP contribution in [0.3, 0.4) is 0 Å². The Balaban J connectivity index is 1.51. The second-order valence-electron chi connectivity index (χ2n) is 8.06. The highest BCUT2D eigenvalue weighted by molar-refractivity contribution is 7.18. The van der Waals surface area contributed by atoms with Crippen molar-refractivity contribution >= 4 is 28.4 Å². The molecular weight excluding hydrogens is 455 g/mol. The molecule has 1 aromatic carbocycles. The van der Waals surface area contributed by atoms with E-state index in [4.69, 9.17) is 0 Å². The SMILES string of the molecule is CCCN(CCC(=O)Nc1nnc(-c2ccc(C(F)(F)F)cc2)s1)C(=O)NC1CCCCC1. The fraction of sp³-hybridized carbons (Fsp3) is 0.545. The van der Waals surface area contributed by atoms with Crippen molar-refractivity contribution in [1.82, 2.24) is 20.4 Å². The molecule has 7 nitrogen and oxygen atoms in total. The molecule has 2 N–H and O–H groups in total. The Bertz CT molecular complexity index is 927. The first-order valence-corrected chi connectivity index (χ1v) is 11.9. The third kappa shape index (κ3) is 7.41. The Hall–Kier alpha value is -2.69. The number of benzene rings is 1. The van der Waals surface area contributed by atoms with Crippen LogP contribution >= 0.6 is 11.3 Å². The normalized spacial score (nSPS) is 14.7. The van der Waals surface area contributed by atoms with E-state index in [-0.39, 0.29) is 36.1 Å². The lowest BCUT2D eigenvalue weighted by Gasteiger charge is -2.28. The maximum Gasteiger partial charge on any atom is 0.416 e. The van der Waals surface area contributed by atoms with Crippen LogP contribution in [0.25, 0.3) is 10.6 Å². The maximum absolute atomic E-state index is 12.7. The molecule has 1 aliphatic carbocycles. The van der Waals surface area contributed by atoms with Crippen LogP contribution in [0.5, 0.6) is 0 Å². The maximum atomic E-state index is 12.7. The summed E-state index contributed by atoms with van der Waals surface area (Å²) in [6, 6.07) is 4.66. The Morgan fingerprint density at radius 2 is 1.79 bits per heavy atom. The third-order valence-corrected chi connectivity index (χ3v) is 6.34. The zero-order valence-electron chi connectivity index (χ0n) is 18.5. The highest BCUT2D eigenvalue weighted by atomic mass is 32.1. The summed E-state index contributed by atoms with van der Waals surface area (Å²) in [6.07, 6.45) is 1.92. The van der Waals surface area contributed by atoms with E-state index in [1.165, 1.54) is 18.6 Å². The van der Waals surface area contributed by atoms with Crippen molar-refractivity contribution in [3.05, 3.63) is 29.8 Å². The van der Waals surface area contributed by atoms with Crippen LogP contribution in [0, 0.1) is 0 Å². The van der Waals surface area contributed by atoms with Gasteiger partial charge in [0.25, 0.3) is 0 Å². The second kappa shape index (κ2) is 11.4. The first-order chi connectivity index (χ1) is 15.8. The molecule has 33 heavy (non-hydrogen) atoms. The van der Waals surface area contributed by atoms with Crippen LogP contribution in [-0.4, -0.2) is 46.2 Å². The number of carbonyl (C=O) groups is 2. The number of alkyl halides is 3. The van der Waals surface area contributed by atoms with E-state index in [1.807, 2.05) is 6.92 Å². The van der Waals surface area contributed by atoms with Gasteiger partial charge in [0.05, 0.1) is 5.56 Å². The summed E-state index contributed by atoms with van der Waals surface area (Å²) in [7, 11) is 0. The lowest BCUT2D eigenvalue weighted by atomic mass is 9.96. The zero-order valence-corrected chi connectivity index (χ0v) is 19.3. The Kier molecular flexibility index (Phi) is 8.65. The zero-order chi connectivity index (χ0) is 23.8. The third-order valence-electron chi connectivity index (χ3n) is 5.45. The van der Waals surface area contributed by atoms with Crippen molar-refractivity contribution in [2.24, 2.45) is 0 Å². The van der Waals surface area contributed by atoms with E-state index in [1.54, 1.807) is 4.90 Å². The number of nitrogens with zero attached hydrogens (tertiary/aromatic N) is 3. The summed E-state index contributed by atoms with van der Waals surface area (Å²) in [6.45, 7) is 2.82. The summed E-state index contributed by atoms with van der Waals surface area (Å²) in [4.78, 5) is 26.6. The van der Waals surface area contributed by atoms with E-state index in [0.717, 1.165) is 55.6 Å². The van der Waals surface area contributed by atoms with Gasteiger partial charge in [0.15, 0.2) is 0 Å². The van der Waals surface area contributed by atoms with Crippen LogP contribution < -0.4 is 10.6 Å². The molecule has 1 fully saturated rings. The molecule has 1 aromatic heterocycles. The van der Waals surface area contributed by atoms with E-state index < -0.39 is 11.7 Å². The Labute approximate surface area is 194 Å². The molecule has 11 heteroatoms. The highest BCUT2D eigenvalue weighted by Crippen LogP contribution is 2.32. The molecule has 1 saturated carbocycles. The van der Waals surface area contributed by atoms with Crippen LogP contribution in [0.2, 0.25) is 0 Å². The van der Waals surface area contributed by atoms with Crippen LogP contribution in [0.15, 0.2) is 24.3 Å². The largest absolute Gasteiger partial charge is 0.416 e. The van der Waals surface area contributed by atoms with E-state index in [2.05, 4.69) is 20.8 Å². The quantitative estimate of drug-likeness (QED) is 0.533. The van der Waals surface area contributed by atoms with Crippen molar-refractivity contribution in [3.8, 4) is 10.6 Å². The van der Waals surface area contributed by atoms with E-state index in [0.29, 0.717) is 17.1 Å². The standard InChI is InChI=1S/C22H28F3N5O2S/c1-2-13-30(21(32)26-17-6-4-3-5-7-17)14-12-18(31)27-20-29-28-19(33-20)15-8-10-16(11-9-15)22(23,24)25/h8-11,17H,2-7,12-14H2,1H3,(H,26,32)(H,27,29,31). The molecule has 1 heterocycles. The number of nitrogens with one attached hydrogen (secondary N) is 2. The first kappa shape index (κ1) is 24.9. The molecule has 0 unspecified atom stereocenters. The minimum absolute atomic E-state index is 0.104. The van der Waals surface area contributed by atoms with Gasteiger partial charge in [-0.2, -0.15) is 13.2 Å². The van der Waals surface area contributed by atoms with E-state index >= 15 is 0 Å². The number of rotatable bonds is 8. The van der Waals surface area contributed by atoms with Crippen LogP contribution in [0.1, 0.15) is 57.4 Å². The number of amides is 3. The summed E-state index contributed by atoms with van der Waals surface area (Å²) >= 11 is 1.07. The van der Waals surface area contributed by atoms with Crippen molar-refractivity contribution in [2.45, 2.75) is 64.1 Å². The summed E-state index contributed by atoms with van der Waals surface area (Å²) < 4.78 is 38.1. The molecule has 180 valence electrons. The van der Waals surface area contributed by atoms with Gasteiger partial charge in [-0.3, -0.25) is 4.79 Å². The molecule has 0 radical (unpaired) electrons.